The molecule has 1 heterocycles. The minimum absolute atomic E-state index is 0.465. The molecule has 0 radical (unpaired) electrons. The number of rotatable bonds is 4. The Morgan fingerprint density at radius 1 is 1.64 bits per heavy atom. The number of hydrogen-bond acceptors (Lipinski definition) is 5. The lowest BCUT2D eigenvalue weighted by molar-refractivity contribution is 0.866. The third kappa shape index (κ3) is 2.68. The Labute approximate surface area is 83.0 Å². The summed E-state index contributed by atoms with van der Waals surface area (Å²) in [5, 5.41) is 11.8. The lowest BCUT2D eigenvalue weighted by atomic mass is 10.3. The number of nitriles is 1. The van der Waals surface area contributed by atoms with Gasteiger partial charge in [-0.25, -0.2) is 9.97 Å². The predicted octanol–water partition coefficient (Wildman–Crippen LogP) is 0.417. The second-order valence-corrected chi connectivity index (χ2v) is 2.86. The van der Waals surface area contributed by atoms with Gasteiger partial charge in [-0.1, -0.05) is 0 Å². The number of nitrogens with two attached hydrogens (primary N) is 1. The third-order valence-electron chi connectivity index (χ3n) is 1.70. The second kappa shape index (κ2) is 5.14. The van der Waals surface area contributed by atoms with Crippen LogP contribution in [0.2, 0.25) is 0 Å². The van der Waals surface area contributed by atoms with Gasteiger partial charge < -0.3 is 11.1 Å². The molecule has 0 saturated carbocycles. The highest BCUT2D eigenvalue weighted by atomic mass is 15.0. The first-order valence-corrected chi connectivity index (χ1v) is 4.45. The number of anilines is 1. The Hall–Kier alpha value is -1.67. The molecule has 0 aliphatic heterocycles. The van der Waals surface area contributed by atoms with E-state index in [0.717, 1.165) is 13.0 Å². The van der Waals surface area contributed by atoms with E-state index >= 15 is 0 Å². The molecule has 1 aromatic rings. The summed E-state index contributed by atoms with van der Waals surface area (Å²) in [6, 6.07) is 2.03. The van der Waals surface area contributed by atoms with Gasteiger partial charge in [0.2, 0.25) is 0 Å². The van der Waals surface area contributed by atoms with E-state index in [1.54, 1.807) is 6.92 Å². The van der Waals surface area contributed by atoms with Gasteiger partial charge in [-0.15, -0.1) is 0 Å². The molecule has 3 N–H and O–H groups in total. The summed E-state index contributed by atoms with van der Waals surface area (Å²) in [5.74, 6) is 1.24. The van der Waals surface area contributed by atoms with Gasteiger partial charge in [0.15, 0.2) is 0 Å². The summed E-state index contributed by atoms with van der Waals surface area (Å²) in [5.41, 5.74) is 5.82. The van der Waals surface area contributed by atoms with Crippen molar-refractivity contribution in [3.63, 3.8) is 0 Å². The van der Waals surface area contributed by atoms with Gasteiger partial charge in [-0.3, -0.25) is 0 Å². The van der Waals surface area contributed by atoms with Gasteiger partial charge in [0.1, 0.15) is 23.3 Å². The van der Waals surface area contributed by atoms with Crippen LogP contribution in [0.5, 0.6) is 0 Å². The van der Waals surface area contributed by atoms with Gasteiger partial charge in [-0.05, 0) is 19.9 Å². The highest BCUT2D eigenvalue weighted by molar-refractivity contribution is 5.50. The molecule has 5 heteroatoms. The van der Waals surface area contributed by atoms with E-state index in [1.807, 2.05) is 6.07 Å². The maximum Gasteiger partial charge on any atom is 0.147 e. The molecule has 0 amide bonds. The zero-order valence-corrected chi connectivity index (χ0v) is 8.12. The van der Waals surface area contributed by atoms with Crippen LogP contribution >= 0.6 is 0 Å². The maximum absolute atomic E-state index is 8.77. The summed E-state index contributed by atoms with van der Waals surface area (Å²) in [6.07, 6.45) is 2.38. The molecule has 0 aliphatic carbocycles. The number of nitrogens with one attached hydrogen (secondary N) is 1. The minimum atomic E-state index is 0.465. The Morgan fingerprint density at radius 3 is 3.07 bits per heavy atom. The standard InChI is InChI=1S/C9H13N5/c1-7-13-6-8(5-11)9(14-7)12-4-2-3-10/h6H,2-4,10H2,1H3,(H,12,13,14). The Balaban J connectivity index is 2.73. The summed E-state index contributed by atoms with van der Waals surface area (Å²) >= 11 is 0. The van der Waals surface area contributed by atoms with Crippen molar-refractivity contribution in [2.24, 2.45) is 5.73 Å². The monoisotopic (exact) mass is 191 g/mol. The van der Waals surface area contributed by atoms with Crippen LogP contribution < -0.4 is 11.1 Å². The van der Waals surface area contributed by atoms with Crippen molar-refractivity contribution in [1.82, 2.24) is 9.97 Å². The van der Waals surface area contributed by atoms with Gasteiger partial charge >= 0.3 is 0 Å². The van der Waals surface area contributed by atoms with Gasteiger partial charge in [-0.2, -0.15) is 5.26 Å². The van der Waals surface area contributed by atoms with Gasteiger partial charge in [0.05, 0.1) is 6.20 Å². The minimum Gasteiger partial charge on any atom is -0.369 e. The first kappa shape index (κ1) is 10.4. The van der Waals surface area contributed by atoms with Crippen molar-refractivity contribution in [3.8, 4) is 6.07 Å². The zero-order valence-electron chi connectivity index (χ0n) is 8.12. The summed E-state index contributed by atoms with van der Waals surface area (Å²) in [4.78, 5) is 8.07. The number of hydrogen-bond donors (Lipinski definition) is 2. The first-order valence-electron chi connectivity index (χ1n) is 4.45. The molecule has 14 heavy (non-hydrogen) atoms. The molecular formula is C9H13N5. The molecule has 0 aromatic carbocycles. The zero-order chi connectivity index (χ0) is 10.4. The third-order valence-corrected chi connectivity index (χ3v) is 1.70. The van der Waals surface area contributed by atoms with Crippen LogP contribution in [0.4, 0.5) is 5.82 Å². The molecule has 0 bridgehead atoms. The molecule has 74 valence electrons. The van der Waals surface area contributed by atoms with Crippen LogP contribution in [0.1, 0.15) is 17.8 Å². The van der Waals surface area contributed by atoms with Crippen molar-refractivity contribution in [3.05, 3.63) is 17.6 Å². The smallest absolute Gasteiger partial charge is 0.147 e. The quantitative estimate of drug-likeness (QED) is 0.673. The van der Waals surface area contributed by atoms with E-state index in [1.165, 1.54) is 6.20 Å². The van der Waals surface area contributed by atoms with Crippen LogP contribution in [0, 0.1) is 18.3 Å². The first-order chi connectivity index (χ1) is 6.77. The van der Waals surface area contributed by atoms with E-state index in [0.29, 0.717) is 23.8 Å². The predicted molar refractivity (Wildman–Crippen MR) is 53.6 cm³/mol. The van der Waals surface area contributed by atoms with Crippen molar-refractivity contribution in [2.75, 3.05) is 18.4 Å². The molecule has 1 rings (SSSR count). The lowest BCUT2D eigenvalue weighted by Gasteiger charge is -2.06. The fourth-order valence-electron chi connectivity index (χ4n) is 0.995. The Morgan fingerprint density at radius 2 is 2.43 bits per heavy atom. The highest BCUT2D eigenvalue weighted by Gasteiger charge is 2.03. The van der Waals surface area contributed by atoms with Crippen LogP contribution in [0.15, 0.2) is 6.20 Å². The van der Waals surface area contributed by atoms with E-state index in [9.17, 15) is 0 Å². The Kier molecular flexibility index (Phi) is 3.83. The average molecular weight is 191 g/mol. The summed E-state index contributed by atoms with van der Waals surface area (Å²) in [6.45, 7) is 3.13. The highest BCUT2D eigenvalue weighted by Crippen LogP contribution is 2.09. The number of aromatic nitrogens is 2. The molecule has 0 fully saturated rings. The van der Waals surface area contributed by atoms with Gasteiger partial charge in [0.25, 0.3) is 0 Å². The molecular weight excluding hydrogens is 178 g/mol. The second-order valence-electron chi connectivity index (χ2n) is 2.86. The fraction of sp³-hybridized carbons (Fsp3) is 0.444. The lowest BCUT2D eigenvalue weighted by Crippen LogP contribution is -2.11. The normalized spacial score (nSPS) is 9.50. The van der Waals surface area contributed by atoms with Crippen LogP contribution in [-0.2, 0) is 0 Å². The Bertz CT molecular complexity index is 342. The number of aryl methyl sites for hydroxylation is 1. The van der Waals surface area contributed by atoms with Crippen molar-refractivity contribution in [1.29, 1.82) is 5.26 Å². The van der Waals surface area contributed by atoms with E-state index in [4.69, 9.17) is 11.0 Å². The van der Waals surface area contributed by atoms with Crippen molar-refractivity contribution < 1.29 is 0 Å². The molecule has 0 aliphatic rings. The average Bonchev–Trinajstić information content (AvgIpc) is 2.19. The number of nitrogens with zero attached hydrogens (tertiary/aromatic N) is 3. The molecule has 0 spiro atoms. The SMILES string of the molecule is Cc1ncc(C#N)c(NCCCN)n1. The van der Waals surface area contributed by atoms with Crippen LogP contribution in [-0.4, -0.2) is 23.1 Å². The maximum atomic E-state index is 8.77. The van der Waals surface area contributed by atoms with Crippen LogP contribution in [0.25, 0.3) is 0 Å². The van der Waals surface area contributed by atoms with Crippen molar-refractivity contribution in [2.45, 2.75) is 13.3 Å². The molecule has 0 saturated heterocycles. The molecule has 0 atom stereocenters. The van der Waals surface area contributed by atoms with Crippen molar-refractivity contribution >= 4 is 5.82 Å². The molecule has 1 aromatic heterocycles. The molecule has 0 unspecified atom stereocenters. The van der Waals surface area contributed by atoms with E-state index in [2.05, 4.69) is 15.3 Å². The van der Waals surface area contributed by atoms with Crippen LogP contribution in [0.3, 0.4) is 0 Å². The van der Waals surface area contributed by atoms with Gasteiger partial charge in [0, 0.05) is 6.54 Å². The summed E-state index contributed by atoms with van der Waals surface area (Å²) in [7, 11) is 0. The molecule has 5 nitrogen and oxygen atoms in total. The topological polar surface area (TPSA) is 87.6 Å². The summed E-state index contributed by atoms with van der Waals surface area (Å²) < 4.78 is 0. The van der Waals surface area contributed by atoms with E-state index in [-0.39, 0.29) is 0 Å². The fourth-order valence-corrected chi connectivity index (χ4v) is 0.995. The largest absolute Gasteiger partial charge is 0.369 e. The van der Waals surface area contributed by atoms with E-state index < -0.39 is 0 Å².